The van der Waals surface area contributed by atoms with Gasteiger partial charge in [0.2, 0.25) is 10.0 Å². The van der Waals surface area contributed by atoms with Crippen LogP contribution < -0.4 is 4.72 Å². The highest BCUT2D eigenvalue weighted by atomic mass is 35.5. The minimum atomic E-state index is -3.76. The molecule has 21 heavy (non-hydrogen) atoms. The van der Waals surface area contributed by atoms with Gasteiger partial charge < -0.3 is 0 Å². The molecule has 8 heteroatoms. The van der Waals surface area contributed by atoms with E-state index >= 15 is 0 Å². The van der Waals surface area contributed by atoms with Gasteiger partial charge in [-0.3, -0.25) is 10.1 Å². The first kappa shape index (κ1) is 16.2. The van der Waals surface area contributed by atoms with Gasteiger partial charge in [-0.2, -0.15) is 0 Å². The minimum Gasteiger partial charge on any atom is -0.258 e. The van der Waals surface area contributed by atoms with Crippen LogP contribution in [0.4, 0.5) is 5.69 Å². The Labute approximate surface area is 128 Å². The highest BCUT2D eigenvalue weighted by Gasteiger charge is 2.24. The molecular formula is C13H17ClN2O4S. The van der Waals surface area contributed by atoms with Crippen LogP contribution in [0.25, 0.3) is 0 Å². The molecule has 1 N–H and O–H groups in total. The summed E-state index contributed by atoms with van der Waals surface area (Å²) in [5.41, 5.74) is -0.0108. The normalized spacial score (nSPS) is 15.7. The Bertz CT molecular complexity index is 656. The summed E-state index contributed by atoms with van der Waals surface area (Å²) in [4.78, 5) is 10.1. The lowest BCUT2D eigenvalue weighted by Crippen LogP contribution is -2.28. The summed E-state index contributed by atoms with van der Waals surface area (Å²) in [6.07, 6.45) is 4.30. The molecule has 0 amide bonds. The number of nitrogens with zero attached hydrogens (tertiary/aromatic N) is 1. The van der Waals surface area contributed by atoms with Gasteiger partial charge in [-0.25, -0.2) is 13.1 Å². The fourth-order valence-corrected chi connectivity index (χ4v) is 3.91. The van der Waals surface area contributed by atoms with Crippen molar-refractivity contribution in [3.63, 3.8) is 0 Å². The van der Waals surface area contributed by atoms with Crippen LogP contribution in [0.2, 0.25) is 5.02 Å². The Balaban J connectivity index is 2.17. The number of hydrogen-bond acceptors (Lipinski definition) is 4. The van der Waals surface area contributed by atoms with Gasteiger partial charge in [0, 0.05) is 12.6 Å². The summed E-state index contributed by atoms with van der Waals surface area (Å²) in [7, 11) is -3.76. The lowest BCUT2D eigenvalue weighted by Gasteiger charge is -2.25. The maximum absolute atomic E-state index is 12.3. The Hall–Kier alpha value is -1.18. The molecule has 1 fully saturated rings. The first-order valence-electron chi connectivity index (χ1n) is 6.75. The van der Waals surface area contributed by atoms with E-state index in [2.05, 4.69) is 4.72 Å². The van der Waals surface area contributed by atoms with Crippen LogP contribution in [0.5, 0.6) is 0 Å². The Morgan fingerprint density at radius 1 is 1.43 bits per heavy atom. The summed E-state index contributed by atoms with van der Waals surface area (Å²) < 4.78 is 27.0. The second-order valence-electron chi connectivity index (χ2n) is 5.31. The lowest BCUT2D eigenvalue weighted by molar-refractivity contribution is -0.384. The molecule has 0 bridgehead atoms. The van der Waals surface area contributed by atoms with Crippen molar-refractivity contribution in [1.29, 1.82) is 0 Å². The zero-order chi connectivity index (χ0) is 15.6. The summed E-state index contributed by atoms with van der Waals surface area (Å²) in [5, 5.41) is 10.8. The van der Waals surface area contributed by atoms with Crippen LogP contribution in [0.3, 0.4) is 0 Å². The quantitative estimate of drug-likeness (QED) is 0.640. The van der Waals surface area contributed by atoms with Crippen molar-refractivity contribution < 1.29 is 13.3 Å². The van der Waals surface area contributed by atoms with Gasteiger partial charge in [-0.05, 0) is 30.9 Å². The van der Waals surface area contributed by atoms with Crippen molar-refractivity contribution in [1.82, 2.24) is 4.72 Å². The van der Waals surface area contributed by atoms with Gasteiger partial charge in [0.1, 0.15) is 5.02 Å². The zero-order valence-electron chi connectivity index (χ0n) is 11.6. The summed E-state index contributed by atoms with van der Waals surface area (Å²) >= 11 is 5.76. The third kappa shape index (κ3) is 3.72. The third-order valence-corrected chi connectivity index (χ3v) is 5.71. The monoisotopic (exact) mass is 332 g/mol. The fraction of sp³-hybridized carbons (Fsp3) is 0.538. The average molecular weight is 333 g/mol. The predicted molar refractivity (Wildman–Crippen MR) is 80.0 cm³/mol. The average Bonchev–Trinajstić information content (AvgIpc) is 2.31. The first-order valence-corrected chi connectivity index (χ1v) is 8.61. The second-order valence-corrected chi connectivity index (χ2v) is 7.45. The van der Waals surface area contributed by atoms with Gasteiger partial charge >= 0.3 is 0 Å². The Kier molecular flexibility index (Phi) is 4.85. The number of nitrogens with one attached hydrogen (secondary N) is 1. The topological polar surface area (TPSA) is 89.3 Å². The maximum Gasteiger partial charge on any atom is 0.289 e. The van der Waals surface area contributed by atoms with Crippen LogP contribution in [0.1, 0.15) is 31.2 Å². The fourth-order valence-electron chi connectivity index (χ4n) is 2.33. The van der Waals surface area contributed by atoms with E-state index < -0.39 is 20.6 Å². The SMILES string of the molecule is Cc1cc(Cl)c([N+](=O)[O-])cc1S(=O)(=O)NCCC1CCC1. The lowest BCUT2D eigenvalue weighted by atomic mass is 9.83. The van der Waals surface area contributed by atoms with E-state index in [-0.39, 0.29) is 9.92 Å². The molecule has 0 atom stereocenters. The minimum absolute atomic E-state index is 0.0640. The van der Waals surface area contributed by atoms with Crippen molar-refractivity contribution in [2.75, 3.05) is 6.54 Å². The van der Waals surface area contributed by atoms with E-state index in [4.69, 9.17) is 11.6 Å². The van der Waals surface area contributed by atoms with Gasteiger partial charge in [-0.15, -0.1) is 0 Å². The predicted octanol–water partition coefficient (Wildman–Crippen LogP) is 3.03. The van der Waals surface area contributed by atoms with Crippen molar-refractivity contribution in [2.45, 2.75) is 37.5 Å². The molecule has 116 valence electrons. The standard InChI is InChI=1S/C13H17ClN2O4S/c1-9-7-11(14)12(16(17)18)8-13(9)21(19,20)15-6-5-10-3-2-4-10/h7-8,10,15H,2-6H2,1H3. The van der Waals surface area contributed by atoms with Gasteiger partial charge in [0.25, 0.3) is 5.69 Å². The van der Waals surface area contributed by atoms with Crippen molar-refractivity contribution in [3.8, 4) is 0 Å². The summed E-state index contributed by atoms with van der Waals surface area (Å²) in [6.45, 7) is 1.92. The molecule has 1 aromatic rings. The highest BCUT2D eigenvalue weighted by molar-refractivity contribution is 7.89. The molecule has 1 aromatic carbocycles. The van der Waals surface area contributed by atoms with Crippen LogP contribution >= 0.6 is 11.6 Å². The molecule has 1 aliphatic rings. The smallest absolute Gasteiger partial charge is 0.258 e. The van der Waals surface area contributed by atoms with E-state index in [1.54, 1.807) is 6.92 Å². The molecule has 2 rings (SSSR count). The second kappa shape index (κ2) is 6.29. The molecule has 0 heterocycles. The molecule has 0 unspecified atom stereocenters. The number of sulfonamides is 1. The largest absolute Gasteiger partial charge is 0.289 e. The van der Waals surface area contributed by atoms with Crippen LogP contribution in [-0.2, 0) is 10.0 Å². The molecule has 0 spiro atoms. The van der Waals surface area contributed by atoms with Crippen molar-refractivity contribution in [3.05, 3.63) is 32.8 Å². The van der Waals surface area contributed by atoms with Crippen LogP contribution in [0, 0.1) is 23.0 Å². The van der Waals surface area contributed by atoms with E-state index in [0.29, 0.717) is 18.0 Å². The molecule has 1 saturated carbocycles. The molecule has 6 nitrogen and oxygen atoms in total. The molecular weight excluding hydrogens is 316 g/mol. The van der Waals surface area contributed by atoms with Crippen LogP contribution in [-0.4, -0.2) is 19.9 Å². The van der Waals surface area contributed by atoms with Gasteiger partial charge in [0.15, 0.2) is 0 Å². The number of nitro groups is 1. The van der Waals surface area contributed by atoms with E-state index in [1.807, 2.05) is 0 Å². The summed E-state index contributed by atoms with van der Waals surface area (Å²) in [5.74, 6) is 0.591. The number of halogens is 1. The third-order valence-electron chi connectivity index (χ3n) is 3.80. The molecule has 1 aliphatic carbocycles. The molecule has 0 saturated heterocycles. The van der Waals surface area contributed by atoms with E-state index in [1.165, 1.54) is 12.5 Å². The molecule has 0 aromatic heterocycles. The number of benzene rings is 1. The number of nitro benzene ring substituents is 1. The van der Waals surface area contributed by atoms with Crippen molar-refractivity contribution in [2.24, 2.45) is 5.92 Å². The maximum atomic E-state index is 12.3. The summed E-state index contributed by atoms with van der Waals surface area (Å²) in [6, 6.07) is 2.32. The Morgan fingerprint density at radius 2 is 2.10 bits per heavy atom. The number of hydrogen-bond donors (Lipinski definition) is 1. The first-order chi connectivity index (χ1) is 9.81. The highest BCUT2D eigenvalue weighted by Crippen LogP contribution is 2.31. The molecule has 0 aliphatic heterocycles. The number of aryl methyl sites for hydroxylation is 1. The van der Waals surface area contributed by atoms with Crippen LogP contribution in [0.15, 0.2) is 17.0 Å². The Morgan fingerprint density at radius 3 is 2.62 bits per heavy atom. The zero-order valence-corrected chi connectivity index (χ0v) is 13.2. The number of rotatable bonds is 6. The van der Waals surface area contributed by atoms with Gasteiger partial charge in [-0.1, -0.05) is 30.9 Å². The molecule has 0 radical (unpaired) electrons. The van der Waals surface area contributed by atoms with E-state index in [9.17, 15) is 18.5 Å². The van der Waals surface area contributed by atoms with Crippen molar-refractivity contribution >= 4 is 27.3 Å². The van der Waals surface area contributed by atoms with Gasteiger partial charge in [0.05, 0.1) is 9.82 Å². The van der Waals surface area contributed by atoms with E-state index in [0.717, 1.165) is 25.3 Å².